The van der Waals surface area contributed by atoms with Crippen LogP contribution in [0.2, 0.25) is 0 Å². The van der Waals surface area contributed by atoms with Crippen LogP contribution in [0.3, 0.4) is 0 Å². The van der Waals surface area contributed by atoms with Crippen molar-refractivity contribution < 1.29 is 19.5 Å². The van der Waals surface area contributed by atoms with Gasteiger partial charge in [-0.05, 0) is 23.6 Å². The zero-order chi connectivity index (χ0) is 15.5. The number of carbonyl (C=O) groups excluding carboxylic acids is 1. The fourth-order valence-electron chi connectivity index (χ4n) is 3.14. The predicted molar refractivity (Wildman–Crippen MR) is 83.7 cm³/mol. The molecule has 1 saturated carbocycles. The van der Waals surface area contributed by atoms with Gasteiger partial charge in [0, 0.05) is 23.7 Å². The van der Waals surface area contributed by atoms with E-state index in [-0.39, 0.29) is 6.04 Å². The number of rotatable bonds is 3. The Morgan fingerprint density at radius 3 is 2.77 bits per heavy atom. The summed E-state index contributed by atoms with van der Waals surface area (Å²) in [5.41, 5.74) is 1.90. The number of hydrogen-bond acceptors (Lipinski definition) is 3. The number of ether oxygens (including phenoxy) is 1. The minimum Gasteiger partial charge on any atom is -0.464 e. The van der Waals surface area contributed by atoms with Crippen LogP contribution in [-0.4, -0.2) is 40.3 Å². The molecule has 5 nitrogen and oxygen atoms in total. The van der Waals surface area contributed by atoms with Crippen molar-refractivity contribution in [2.24, 2.45) is 0 Å². The number of esters is 1. The number of methoxy groups -OCH3 is 1. The van der Waals surface area contributed by atoms with E-state index < -0.39 is 5.97 Å². The third kappa shape index (κ3) is 2.71. The van der Waals surface area contributed by atoms with Crippen molar-refractivity contribution in [1.29, 1.82) is 0 Å². The maximum Gasteiger partial charge on any atom is 0.355 e. The monoisotopic (exact) mass is 301 g/mol. The van der Waals surface area contributed by atoms with Crippen LogP contribution in [0.5, 0.6) is 0 Å². The summed E-state index contributed by atoms with van der Waals surface area (Å²) in [4.78, 5) is 15.1. The molecule has 0 aliphatic heterocycles. The summed E-state index contributed by atoms with van der Waals surface area (Å²) >= 11 is 0. The summed E-state index contributed by atoms with van der Waals surface area (Å²) in [7, 11) is 1.36. The Morgan fingerprint density at radius 2 is 2.05 bits per heavy atom. The van der Waals surface area contributed by atoms with Gasteiger partial charge in [0.15, 0.2) is 0 Å². The summed E-state index contributed by atoms with van der Waals surface area (Å²) < 4.78 is 6.11. The largest absolute Gasteiger partial charge is 0.464 e. The van der Waals surface area contributed by atoms with Gasteiger partial charge in [-0.2, -0.15) is 0 Å². The molecule has 22 heavy (non-hydrogen) atoms. The number of H-pyrrole nitrogens is 1. The average molecular weight is 301 g/mol. The molecule has 0 amide bonds. The first-order chi connectivity index (χ1) is 10.7. The first kappa shape index (κ1) is 14.6. The Kier molecular flexibility index (Phi) is 4.13. The minimum atomic E-state index is -0.431. The van der Waals surface area contributed by atoms with Crippen LogP contribution in [0, 0.1) is 0 Å². The van der Waals surface area contributed by atoms with Crippen molar-refractivity contribution in [2.75, 3.05) is 7.11 Å². The summed E-state index contributed by atoms with van der Waals surface area (Å²) in [6, 6.07) is 7.77. The van der Waals surface area contributed by atoms with Crippen LogP contribution in [0.25, 0.3) is 10.9 Å². The van der Waals surface area contributed by atoms with Gasteiger partial charge in [0.1, 0.15) is 5.69 Å². The number of aromatic nitrogens is 1. The SMILES string of the molecule is COC(=O)c1[nH]c2ccccc2c1C=[N+](O)C1CCCCC1. The topological polar surface area (TPSA) is 65.3 Å². The van der Waals surface area contributed by atoms with Crippen LogP contribution in [0.1, 0.15) is 48.2 Å². The molecule has 2 N–H and O–H groups in total. The number of nitrogens with zero attached hydrogens (tertiary/aromatic N) is 1. The third-order valence-corrected chi connectivity index (χ3v) is 4.35. The van der Waals surface area contributed by atoms with Gasteiger partial charge in [-0.15, -0.1) is 0 Å². The fraction of sp³-hybridized carbons (Fsp3) is 0.412. The number of aromatic amines is 1. The smallest absolute Gasteiger partial charge is 0.355 e. The van der Waals surface area contributed by atoms with Crippen molar-refractivity contribution in [3.63, 3.8) is 0 Å². The van der Waals surface area contributed by atoms with Crippen molar-refractivity contribution in [2.45, 2.75) is 38.1 Å². The standard InChI is InChI=1S/C17H20N2O3/c1-22-17(20)16-14(13-9-5-6-10-15(13)18-16)11-19(21)12-7-3-2-4-8-12/h5-6,9-12,21H,2-4,7-8H2,1H3/p+1. The van der Waals surface area contributed by atoms with Gasteiger partial charge in [0.25, 0.3) is 0 Å². The second-order valence-corrected chi connectivity index (χ2v) is 5.75. The van der Waals surface area contributed by atoms with Crippen LogP contribution in [-0.2, 0) is 4.74 Å². The quantitative estimate of drug-likeness (QED) is 0.301. The van der Waals surface area contributed by atoms with Crippen molar-refractivity contribution in [3.8, 4) is 0 Å². The van der Waals surface area contributed by atoms with Crippen LogP contribution in [0.4, 0.5) is 0 Å². The number of fused-ring (bicyclic) bond motifs is 1. The highest BCUT2D eigenvalue weighted by Crippen LogP contribution is 2.23. The Morgan fingerprint density at radius 1 is 1.32 bits per heavy atom. The van der Waals surface area contributed by atoms with Gasteiger partial charge in [-0.1, -0.05) is 24.6 Å². The maximum atomic E-state index is 12.0. The summed E-state index contributed by atoms with van der Waals surface area (Å²) in [6.45, 7) is 0. The van der Waals surface area contributed by atoms with E-state index in [0.29, 0.717) is 11.3 Å². The molecule has 1 aromatic heterocycles. The second-order valence-electron chi connectivity index (χ2n) is 5.75. The van der Waals surface area contributed by atoms with Gasteiger partial charge in [-0.3, -0.25) is 5.21 Å². The van der Waals surface area contributed by atoms with Gasteiger partial charge in [-0.25, -0.2) is 4.79 Å². The summed E-state index contributed by atoms with van der Waals surface area (Å²) in [5, 5.41) is 11.3. The molecule has 0 atom stereocenters. The molecule has 3 rings (SSSR count). The molecule has 0 bridgehead atoms. The fourth-order valence-corrected chi connectivity index (χ4v) is 3.14. The summed E-state index contributed by atoms with van der Waals surface area (Å²) in [5.74, 6) is -0.431. The highest BCUT2D eigenvalue weighted by atomic mass is 16.5. The zero-order valence-electron chi connectivity index (χ0n) is 12.7. The number of para-hydroxylation sites is 1. The van der Waals surface area contributed by atoms with Crippen molar-refractivity contribution in [3.05, 3.63) is 35.5 Å². The maximum absolute atomic E-state index is 12.0. The first-order valence-corrected chi connectivity index (χ1v) is 7.72. The summed E-state index contributed by atoms with van der Waals surface area (Å²) in [6.07, 6.45) is 7.10. The van der Waals surface area contributed by atoms with E-state index in [1.54, 1.807) is 6.21 Å². The minimum absolute atomic E-state index is 0.118. The molecule has 1 fully saturated rings. The van der Waals surface area contributed by atoms with E-state index >= 15 is 0 Å². The van der Waals surface area contributed by atoms with E-state index in [1.807, 2.05) is 24.3 Å². The van der Waals surface area contributed by atoms with Gasteiger partial charge >= 0.3 is 5.97 Å². The number of nitrogens with one attached hydrogen (secondary N) is 1. The third-order valence-electron chi connectivity index (χ3n) is 4.35. The first-order valence-electron chi connectivity index (χ1n) is 7.72. The predicted octanol–water partition coefficient (Wildman–Crippen LogP) is 3.11. The molecule has 1 heterocycles. The molecule has 1 aliphatic rings. The van der Waals surface area contributed by atoms with Crippen LogP contribution >= 0.6 is 0 Å². The normalized spacial score (nSPS) is 16.9. The van der Waals surface area contributed by atoms with Crippen molar-refractivity contribution in [1.82, 2.24) is 4.98 Å². The molecule has 0 radical (unpaired) electrons. The van der Waals surface area contributed by atoms with Crippen molar-refractivity contribution >= 4 is 23.1 Å². The van der Waals surface area contributed by atoms with E-state index in [9.17, 15) is 10.0 Å². The van der Waals surface area contributed by atoms with E-state index in [4.69, 9.17) is 4.74 Å². The van der Waals surface area contributed by atoms with E-state index in [1.165, 1.54) is 18.3 Å². The Bertz CT molecular complexity index is 712. The number of benzene rings is 1. The van der Waals surface area contributed by atoms with E-state index in [0.717, 1.165) is 36.6 Å². The number of hydrogen-bond donors (Lipinski definition) is 2. The molecule has 0 saturated heterocycles. The highest BCUT2D eigenvalue weighted by Gasteiger charge is 2.26. The molecule has 1 aliphatic carbocycles. The highest BCUT2D eigenvalue weighted by molar-refractivity contribution is 6.08. The molecule has 1 aromatic carbocycles. The molecule has 0 unspecified atom stereocenters. The lowest BCUT2D eigenvalue weighted by Gasteiger charge is -2.14. The molecular formula is C17H21N2O3+. The molecule has 2 aromatic rings. The lowest BCUT2D eigenvalue weighted by Crippen LogP contribution is -2.27. The number of hydroxylamine groups is 1. The molecule has 5 heteroatoms. The second kappa shape index (κ2) is 6.22. The van der Waals surface area contributed by atoms with Crippen LogP contribution in [0.15, 0.2) is 24.3 Å². The Balaban J connectivity index is 2.05. The van der Waals surface area contributed by atoms with E-state index in [2.05, 4.69) is 4.98 Å². The zero-order valence-corrected chi connectivity index (χ0v) is 12.7. The van der Waals surface area contributed by atoms with Crippen LogP contribution < -0.4 is 0 Å². The lowest BCUT2D eigenvalue weighted by atomic mass is 9.96. The number of carbonyl (C=O) groups is 1. The Labute approximate surface area is 129 Å². The molecule has 0 spiro atoms. The molecular weight excluding hydrogens is 280 g/mol. The van der Waals surface area contributed by atoms with Gasteiger partial charge in [0.05, 0.1) is 12.7 Å². The van der Waals surface area contributed by atoms with Gasteiger partial charge in [0.2, 0.25) is 12.3 Å². The lowest BCUT2D eigenvalue weighted by molar-refractivity contribution is -0.797. The average Bonchev–Trinajstić information content (AvgIpc) is 2.93. The molecule has 116 valence electrons. The Hall–Kier alpha value is -2.30. The van der Waals surface area contributed by atoms with Gasteiger partial charge < -0.3 is 9.72 Å².